The van der Waals surface area contributed by atoms with Crippen LogP contribution in [0.15, 0.2) is 72.0 Å². The molecule has 0 aliphatic carbocycles. The van der Waals surface area contributed by atoms with Crippen molar-refractivity contribution >= 4 is 41.1 Å². The van der Waals surface area contributed by atoms with Crippen molar-refractivity contribution in [2.75, 3.05) is 4.90 Å². The van der Waals surface area contributed by atoms with E-state index in [1.807, 2.05) is 0 Å². The predicted octanol–water partition coefficient (Wildman–Crippen LogP) is 5.49. The van der Waals surface area contributed by atoms with Crippen LogP contribution in [0.1, 0.15) is 30.4 Å². The summed E-state index contributed by atoms with van der Waals surface area (Å²) >= 11 is 5.94. The molecular weight excluding hydrogens is 459 g/mol. The van der Waals surface area contributed by atoms with E-state index < -0.39 is 23.6 Å². The van der Waals surface area contributed by atoms with Crippen molar-refractivity contribution in [2.45, 2.75) is 25.4 Å². The average molecular weight is 480 g/mol. The smallest absolute Gasteiger partial charge is 0.416 e. The summed E-state index contributed by atoms with van der Waals surface area (Å²) in [6, 6.07) is 10.7. The number of nitrogens with two attached hydrogens (primary N) is 1. The Morgan fingerprint density at radius 2 is 1.82 bits per heavy atom. The third-order valence-electron chi connectivity index (χ3n) is 4.38. The van der Waals surface area contributed by atoms with Crippen molar-refractivity contribution in [3.63, 3.8) is 0 Å². The fourth-order valence-electron chi connectivity index (χ4n) is 2.76. The maximum Gasteiger partial charge on any atom is 0.416 e. The summed E-state index contributed by atoms with van der Waals surface area (Å²) in [5.41, 5.74) is 6.20. The lowest BCUT2D eigenvalue weighted by molar-refractivity contribution is -0.138. The van der Waals surface area contributed by atoms with Gasteiger partial charge in [-0.1, -0.05) is 30.3 Å². The summed E-state index contributed by atoms with van der Waals surface area (Å²) < 4.78 is 38.7. The Morgan fingerprint density at radius 3 is 2.39 bits per heavy atom. The number of carbonyl (C=O) groups is 2. The number of alkyl halides is 3. The molecule has 0 radical (unpaired) electrons. The number of allylic oxidation sites excluding steroid dienone is 1. The van der Waals surface area contributed by atoms with Gasteiger partial charge in [0.2, 0.25) is 5.91 Å². The minimum atomic E-state index is -4.54. The summed E-state index contributed by atoms with van der Waals surface area (Å²) in [5, 5.41) is 9.27. The molecule has 0 aromatic heterocycles. The summed E-state index contributed by atoms with van der Waals surface area (Å²) in [7, 11) is 0. The second-order valence-corrected chi connectivity index (χ2v) is 7.28. The van der Waals surface area contributed by atoms with Gasteiger partial charge >= 0.3 is 12.1 Å². The summed E-state index contributed by atoms with van der Waals surface area (Å²) in [4.78, 5) is 28.6. The summed E-state index contributed by atoms with van der Waals surface area (Å²) in [5.74, 6) is -1.71. The molecule has 0 fully saturated rings. The molecule has 0 saturated heterocycles. The highest BCUT2D eigenvalue weighted by molar-refractivity contribution is 6.30. The second-order valence-electron chi connectivity index (χ2n) is 6.85. The molecule has 2 aromatic carbocycles. The first-order valence-electron chi connectivity index (χ1n) is 9.65. The molecule has 33 heavy (non-hydrogen) atoms. The Morgan fingerprint density at radius 1 is 1.15 bits per heavy atom. The molecule has 0 atom stereocenters. The van der Waals surface area contributed by atoms with Crippen LogP contribution >= 0.6 is 11.6 Å². The highest BCUT2D eigenvalue weighted by atomic mass is 35.5. The van der Waals surface area contributed by atoms with Crippen LogP contribution in [0.25, 0.3) is 5.70 Å². The van der Waals surface area contributed by atoms with Gasteiger partial charge in [-0.2, -0.15) is 13.2 Å². The topological polar surface area (TPSA) is 96.0 Å². The molecule has 10 heteroatoms. The molecule has 6 nitrogen and oxygen atoms in total. The Bertz CT molecular complexity index is 1080. The van der Waals surface area contributed by atoms with Crippen LogP contribution in [0.2, 0.25) is 5.02 Å². The van der Waals surface area contributed by atoms with Crippen molar-refractivity contribution in [3.05, 3.63) is 83.2 Å². The van der Waals surface area contributed by atoms with Crippen LogP contribution in [-0.4, -0.2) is 23.2 Å². The number of halogens is 4. The normalized spacial score (nSPS) is 12.1. The van der Waals surface area contributed by atoms with Gasteiger partial charge in [-0.15, -0.1) is 0 Å². The van der Waals surface area contributed by atoms with Crippen molar-refractivity contribution in [1.82, 2.24) is 0 Å². The lowest BCUT2D eigenvalue weighted by Gasteiger charge is -2.22. The number of carboxylic acid groups (broad SMARTS) is 1. The van der Waals surface area contributed by atoms with Crippen molar-refractivity contribution in [2.24, 2.45) is 10.7 Å². The Hall–Kier alpha value is -3.59. The zero-order valence-corrected chi connectivity index (χ0v) is 18.1. The number of aliphatic imine (C=N–C) groups is 1. The van der Waals surface area contributed by atoms with Gasteiger partial charge in [0.15, 0.2) is 0 Å². The Balaban J connectivity index is 2.27. The van der Waals surface area contributed by atoms with Gasteiger partial charge in [0.05, 0.1) is 11.3 Å². The zero-order chi connectivity index (χ0) is 24.6. The molecule has 0 saturated carbocycles. The van der Waals surface area contributed by atoms with Gasteiger partial charge < -0.3 is 10.8 Å². The second kappa shape index (κ2) is 11.3. The van der Waals surface area contributed by atoms with E-state index >= 15 is 0 Å². The van der Waals surface area contributed by atoms with Crippen LogP contribution in [-0.2, 0) is 15.8 Å². The average Bonchev–Trinajstić information content (AvgIpc) is 2.73. The number of benzene rings is 2. The first kappa shape index (κ1) is 25.7. The molecular formula is C23H21ClF3N3O3. The van der Waals surface area contributed by atoms with Gasteiger partial charge in [0.25, 0.3) is 0 Å². The largest absolute Gasteiger partial charge is 0.481 e. The van der Waals surface area contributed by atoms with E-state index in [1.165, 1.54) is 12.3 Å². The standard InChI is InChI=1S/C23H21ClF3N3O3/c1-15(29-13-12-20(28)16-4-2-5-18(24)14-16)30(21(31)6-3-7-22(32)33)19-10-8-17(9-11-19)23(25,26)27/h2,4-5,8-14H,1,3,6-7,28H2,(H,32,33)/b20-12-,29-13-. The number of nitrogens with zero attached hydrogens (tertiary/aromatic N) is 2. The minimum absolute atomic E-state index is 0.0455. The number of rotatable bonds is 9. The number of aliphatic carboxylic acids is 1. The van der Waals surface area contributed by atoms with Gasteiger partial charge in [0.1, 0.15) is 5.82 Å². The molecule has 0 bridgehead atoms. The third-order valence-corrected chi connectivity index (χ3v) is 4.61. The van der Waals surface area contributed by atoms with E-state index in [0.717, 1.165) is 29.2 Å². The number of amides is 1. The zero-order valence-electron chi connectivity index (χ0n) is 17.3. The number of carboxylic acids is 1. The molecule has 174 valence electrons. The lowest BCUT2D eigenvalue weighted by Crippen LogP contribution is -2.29. The molecule has 2 rings (SSSR count). The highest BCUT2D eigenvalue weighted by Crippen LogP contribution is 2.31. The van der Waals surface area contributed by atoms with Crippen LogP contribution in [0, 0.1) is 0 Å². The van der Waals surface area contributed by atoms with E-state index in [0.29, 0.717) is 16.3 Å². The first-order chi connectivity index (χ1) is 15.5. The molecule has 0 aliphatic rings. The first-order valence-corrected chi connectivity index (χ1v) is 10.0. The SMILES string of the molecule is C=C(/N=C\C=C(/N)c1cccc(Cl)c1)N(C(=O)CCCC(=O)O)c1ccc(C(F)(F)F)cc1. The van der Waals surface area contributed by atoms with E-state index in [-0.39, 0.29) is 30.8 Å². The van der Waals surface area contributed by atoms with Crippen LogP contribution < -0.4 is 10.6 Å². The molecule has 0 aliphatic heterocycles. The molecule has 0 spiro atoms. The van der Waals surface area contributed by atoms with Crippen molar-refractivity contribution < 1.29 is 27.9 Å². The molecule has 1 amide bonds. The summed E-state index contributed by atoms with van der Waals surface area (Å²) in [6.45, 7) is 3.73. The van der Waals surface area contributed by atoms with Crippen LogP contribution in [0.3, 0.4) is 0 Å². The van der Waals surface area contributed by atoms with Gasteiger partial charge in [-0.25, -0.2) is 4.99 Å². The molecule has 0 heterocycles. The number of hydrogen-bond donors (Lipinski definition) is 2. The fraction of sp³-hybridized carbons (Fsp3) is 0.174. The van der Waals surface area contributed by atoms with E-state index in [9.17, 15) is 22.8 Å². The van der Waals surface area contributed by atoms with E-state index in [4.69, 9.17) is 22.4 Å². The van der Waals surface area contributed by atoms with Crippen molar-refractivity contribution in [3.8, 4) is 0 Å². The lowest BCUT2D eigenvalue weighted by atomic mass is 10.1. The van der Waals surface area contributed by atoms with Gasteiger partial charge in [-0.05, 0) is 54.5 Å². The van der Waals surface area contributed by atoms with Gasteiger partial charge in [0, 0.05) is 29.8 Å². The maximum atomic E-state index is 12.9. The highest BCUT2D eigenvalue weighted by Gasteiger charge is 2.30. The predicted molar refractivity (Wildman–Crippen MR) is 122 cm³/mol. The van der Waals surface area contributed by atoms with Crippen LogP contribution in [0.5, 0.6) is 0 Å². The van der Waals surface area contributed by atoms with E-state index in [1.54, 1.807) is 24.3 Å². The summed E-state index contributed by atoms with van der Waals surface area (Å²) in [6.07, 6.45) is -2.14. The van der Waals surface area contributed by atoms with Crippen molar-refractivity contribution in [1.29, 1.82) is 0 Å². The quantitative estimate of drug-likeness (QED) is 0.465. The van der Waals surface area contributed by atoms with Gasteiger partial charge in [-0.3, -0.25) is 14.5 Å². The minimum Gasteiger partial charge on any atom is -0.481 e. The molecule has 0 unspecified atom stereocenters. The number of hydrogen-bond acceptors (Lipinski definition) is 4. The molecule has 3 N–H and O–H groups in total. The van der Waals surface area contributed by atoms with Crippen LogP contribution in [0.4, 0.5) is 18.9 Å². The number of anilines is 1. The monoisotopic (exact) mass is 479 g/mol. The van der Waals surface area contributed by atoms with E-state index in [2.05, 4.69) is 11.6 Å². The number of carbonyl (C=O) groups excluding carboxylic acids is 1. The maximum absolute atomic E-state index is 12.9. The Labute approximate surface area is 193 Å². The third kappa shape index (κ3) is 7.80. The Kier molecular flexibility index (Phi) is 8.81. The molecule has 2 aromatic rings. The fourth-order valence-corrected chi connectivity index (χ4v) is 2.95.